The third-order valence-electron chi connectivity index (χ3n) is 3.88. The van der Waals surface area contributed by atoms with Crippen LogP contribution in [0.2, 0.25) is 0 Å². The molecule has 0 unspecified atom stereocenters. The quantitative estimate of drug-likeness (QED) is 0.822. The highest BCUT2D eigenvalue weighted by molar-refractivity contribution is 6.05. The Morgan fingerprint density at radius 1 is 1.26 bits per heavy atom. The molecule has 5 nitrogen and oxygen atoms in total. The predicted octanol–water partition coefficient (Wildman–Crippen LogP) is 3.16. The second kappa shape index (κ2) is 6.69. The van der Waals surface area contributed by atoms with E-state index >= 15 is 0 Å². The van der Waals surface area contributed by atoms with Gasteiger partial charge in [-0.2, -0.15) is 0 Å². The monoisotopic (exact) mass is 312 g/mol. The zero-order chi connectivity index (χ0) is 16.2. The Balaban J connectivity index is 1.80. The SMILES string of the molecule is COc1ccc(C(=O)N(C)c2ccccn2)cc1OCC1CC1. The number of amides is 1. The van der Waals surface area contributed by atoms with Gasteiger partial charge in [-0.1, -0.05) is 6.07 Å². The van der Waals surface area contributed by atoms with Crippen LogP contribution in [0, 0.1) is 5.92 Å². The lowest BCUT2D eigenvalue weighted by molar-refractivity contribution is 0.0991. The van der Waals surface area contributed by atoms with Crippen LogP contribution in [0.4, 0.5) is 5.82 Å². The van der Waals surface area contributed by atoms with Gasteiger partial charge in [-0.3, -0.25) is 9.69 Å². The van der Waals surface area contributed by atoms with E-state index in [-0.39, 0.29) is 5.91 Å². The molecule has 0 spiro atoms. The first-order valence-electron chi connectivity index (χ1n) is 7.69. The lowest BCUT2D eigenvalue weighted by Gasteiger charge is -2.17. The summed E-state index contributed by atoms with van der Waals surface area (Å²) < 4.78 is 11.1. The number of carbonyl (C=O) groups excluding carboxylic acids is 1. The van der Waals surface area contributed by atoms with Gasteiger partial charge >= 0.3 is 0 Å². The van der Waals surface area contributed by atoms with Crippen molar-refractivity contribution in [2.45, 2.75) is 12.8 Å². The summed E-state index contributed by atoms with van der Waals surface area (Å²) in [6, 6.07) is 10.7. The summed E-state index contributed by atoms with van der Waals surface area (Å²) in [5.74, 6) is 2.36. The number of benzene rings is 1. The van der Waals surface area contributed by atoms with Crippen LogP contribution in [-0.2, 0) is 0 Å². The van der Waals surface area contributed by atoms with Crippen LogP contribution in [0.3, 0.4) is 0 Å². The van der Waals surface area contributed by atoms with Crippen LogP contribution in [0.5, 0.6) is 11.5 Å². The molecule has 1 aromatic heterocycles. The zero-order valence-corrected chi connectivity index (χ0v) is 13.4. The van der Waals surface area contributed by atoms with E-state index in [9.17, 15) is 4.79 Å². The van der Waals surface area contributed by atoms with E-state index in [1.165, 1.54) is 17.7 Å². The summed E-state index contributed by atoms with van der Waals surface area (Å²) in [7, 11) is 3.31. The van der Waals surface area contributed by atoms with E-state index in [0.717, 1.165) is 0 Å². The Bertz CT molecular complexity index is 684. The maximum Gasteiger partial charge on any atom is 0.259 e. The van der Waals surface area contributed by atoms with Crippen molar-refractivity contribution >= 4 is 11.7 Å². The van der Waals surface area contributed by atoms with Crippen LogP contribution in [-0.4, -0.2) is 31.7 Å². The molecular weight excluding hydrogens is 292 g/mol. The first-order chi connectivity index (χ1) is 11.2. The molecule has 0 radical (unpaired) electrons. The summed E-state index contributed by atoms with van der Waals surface area (Å²) in [5, 5.41) is 0. The Labute approximate surface area is 135 Å². The second-order valence-electron chi connectivity index (χ2n) is 5.67. The van der Waals surface area contributed by atoms with Crippen LogP contribution in [0.15, 0.2) is 42.6 Å². The minimum Gasteiger partial charge on any atom is -0.493 e. The largest absolute Gasteiger partial charge is 0.493 e. The second-order valence-corrected chi connectivity index (χ2v) is 5.67. The lowest BCUT2D eigenvalue weighted by Crippen LogP contribution is -2.27. The van der Waals surface area contributed by atoms with Gasteiger partial charge in [0.2, 0.25) is 0 Å². The van der Waals surface area contributed by atoms with Crippen molar-refractivity contribution < 1.29 is 14.3 Å². The molecule has 0 aliphatic heterocycles. The Hall–Kier alpha value is -2.56. The number of nitrogens with zero attached hydrogens (tertiary/aromatic N) is 2. The molecule has 120 valence electrons. The highest BCUT2D eigenvalue weighted by Gasteiger charge is 2.23. The third kappa shape index (κ3) is 3.62. The molecule has 3 rings (SSSR count). The molecule has 1 amide bonds. The number of anilines is 1. The number of pyridine rings is 1. The van der Waals surface area contributed by atoms with Crippen LogP contribution >= 0.6 is 0 Å². The average Bonchev–Trinajstić information content (AvgIpc) is 3.43. The van der Waals surface area contributed by atoms with E-state index < -0.39 is 0 Å². The first-order valence-corrected chi connectivity index (χ1v) is 7.69. The van der Waals surface area contributed by atoms with Crippen molar-refractivity contribution in [1.29, 1.82) is 0 Å². The number of ether oxygens (including phenoxy) is 2. The number of hydrogen-bond acceptors (Lipinski definition) is 4. The van der Waals surface area contributed by atoms with Gasteiger partial charge in [-0.05, 0) is 49.1 Å². The maximum atomic E-state index is 12.6. The van der Waals surface area contributed by atoms with Gasteiger partial charge in [-0.15, -0.1) is 0 Å². The number of carbonyl (C=O) groups is 1. The minimum atomic E-state index is -0.136. The van der Waals surface area contributed by atoms with Gasteiger partial charge < -0.3 is 9.47 Å². The normalized spacial score (nSPS) is 13.5. The van der Waals surface area contributed by atoms with Gasteiger partial charge in [0.05, 0.1) is 13.7 Å². The molecule has 0 saturated heterocycles. The van der Waals surface area contributed by atoms with Crippen molar-refractivity contribution in [2.75, 3.05) is 25.7 Å². The number of rotatable bonds is 6. The van der Waals surface area contributed by atoms with E-state index in [2.05, 4.69) is 4.98 Å². The summed E-state index contributed by atoms with van der Waals surface area (Å²) >= 11 is 0. The predicted molar refractivity (Wildman–Crippen MR) is 88.2 cm³/mol. The summed E-state index contributed by atoms with van der Waals surface area (Å²) in [6.07, 6.45) is 4.09. The summed E-state index contributed by atoms with van der Waals surface area (Å²) in [5.41, 5.74) is 0.546. The molecule has 1 aliphatic carbocycles. The van der Waals surface area contributed by atoms with E-state index in [1.54, 1.807) is 44.6 Å². The van der Waals surface area contributed by atoms with Gasteiger partial charge in [-0.25, -0.2) is 4.98 Å². The van der Waals surface area contributed by atoms with E-state index in [0.29, 0.717) is 35.4 Å². The van der Waals surface area contributed by atoms with Crippen molar-refractivity contribution in [3.8, 4) is 11.5 Å². The fourth-order valence-electron chi connectivity index (χ4n) is 2.26. The fraction of sp³-hybridized carbons (Fsp3) is 0.333. The molecule has 1 aromatic carbocycles. The Morgan fingerprint density at radius 2 is 2.09 bits per heavy atom. The lowest BCUT2D eigenvalue weighted by atomic mass is 10.1. The standard InChI is InChI=1S/C18H20N2O3/c1-20(17-5-3-4-10-19-17)18(21)14-8-9-15(22-2)16(11-14)23-12-13-6-7-13/h3-5,8-11,13H,6-7,12H2,1-2H3. The van der Waals surface area contributed by atoms with Gasteiger partial charge in [0.25, 0.3) is 5.91 Å². The van der Waals surface area contributed by atoms with Crippen molar-refractivity contribution in [3.63, 3.8) is 0 Å². The van der Waals surface area contributed by atoms with E-state index in [4.69, 9.17) is 9.47 Å². The van der Waals surface area contributed by atoms with Gasteiger partial charge in [0.1, 0.15) is 5.82 Å². The zero-order valence-electron chi connectivity index (χ0n) is 13.4. The molecule has 1 fully saturated rings. The molecule has 0 N–H and O–H groups in total. The Kier molecular flexibility index (Phi) is 4.46. The summed E-state index contributed by atoms with van der Waals surface area (Å²) in [4.78, 5) is 18.4. The maximum absolute atomic E-state index is 12.6. The van der Waals surface area contributed by atoms with Crippen LogP contribution in [0.25, 0.3) is 0 Å². The number of methoxy groups -OCH3 is 1. The highest BCUT2D eigenvalue weighted by Crippen LogP contribution is 2.33. The molecule has 5 heteroatoms. The molecule has 2 aromatic rings. The van der Waals surface area contributed by atoms with Gasteiger partial charge in [0.15, 0.2) is 11.5 Å². The number of aromatic nitrogens is 1. The molecule has 23 heavy (non-hydrogen) atoms. The minimum absolute atomic E-state index is 0.136. The number of hydrogen-bond donors (Lipinski definition) is 0. The molecule has 0 bridgehead atoms. The van der Waals surface area contributed by atoms with E-state index in [1.807, 2.05) is 12.1 Å². The molecule has 1 aliphatic rings. The third-order valence-corrected chi connectivity index (χ3v) is 3.88. The molecule has 1 heterocycles. The Morgan fingerprint density at radius 3 is 2.74 bits per heavy atom. The van der Waals surface area contributed by atoms with Crippen molar-refractivity contribution in [2.24, 2.45) is 5.92 Å². The fourth-order valence-corrected chi connectivity index (χ4v) is 2.26. The topological polar surface area (TPSA) is 51.7 Å². The molecule has 1 saturated carbocycles. The van der Waals surface area contributed by atoms with Gasteiger partial charge in [0, 0.05) is 18.8 Å². The molecular formula is C18H20N2O3. The first kappa shape index (κ1) is 15.3. The van der Waals surface area contributed by atoms with Crippen LogP contribution in [0.1, 0.15) is 23.2 Å². The highest BCUT2D eigenvalue weighted by atomic mass is 16.5. The average molecular weight is 312 g/mol. The molecule has 0 atom stereocenters. The van der Waals surface area contributed by atoms with Crippen molar-refractivity contribution in [1.82, 2.24) is 4.98 Å². The van der Waals surface area contributed by atoms with Crippen molar-refractivity contribution in [3.05, 3.63) is 48.2 Å². The summed E-state index contributed by atoms with van der Waals surface area (Å²) in [6.45, 7) is 0.671. The smallest absolute Gasteiger partial charge is 0.259 e. The van der Waals surface area contributed by atoms with Crippen LogP contribution < -0.4 is 14.4 Å².